The van der Waals surface area contributed by atoms with E-state index in [1.54, 1.807) is 40.1 Å². The number of likely N-dealkylation sites (tertiary alicyclic amines) is 1. The largest absolute Gasteiger partial charge is 0.456 e. The van der Waals surface area contributed by atoms with Gasteiger partial charge in [-0.05, 0) is 36.8 Å². The Hall–Kier alpha value is -3.06. The Kier molecular flexibility index (Phi) is 5.84. The molecule has 1 fully saturated rings. The molecule has 1 amide bonds. The Balaban J connectivity index is 1.82. The number of halogens is 1. The van der Waals surface area contributed by atoms with E-state index in [2.05, 4.69) is 11.6 Å². The van der Waals surface area contributed by atoms with E-state index < -0.39 is 0 Å². The van der Waals surface area contributed by atoms with Crippen LogP contribution in [0.5, 0.6) is 11.5 Å². The van der Waals surface area contributed by atoms with Crippen LogP contribution in [0.3, 0.4) is 0 Å². The summed E-state index contributed by atoms with van der Waals surface area (Å²) in [6.07, 6.45) is 3.61. The van der Waals surface area contributed by atoms with Gasteiger partial charge < -0.3 is 20.3 Å². The fourth-order valence-electron chi connectivity index (χ4n) is 3.16. The second-order valence-electron chi connectivity index (χ2n) is 6.52. The average Bonchev–Trinajstić information content (AvgIpc) is 3.18. The number of nitrogens with one attached hydrogen (secondary N) is 1. The summed E-state index contributed by atoms with van der Waals surface area (Å²) in [5, 5.41) is 9.29. The molecule has 0 bridgehead atoms. The van der Waals surface area contributed by atoms with Gasteiger partial charge in [0.2, 0.25) is 5.91 Å². The molecule has 7 nitrogen and oxygen atoms in total. The lowest BCUT2D eigenvalue weighted by atomic mass is 10.1. The number of ether oxygens (including phenoxy) is 1. The van der Waals surface area contributed by atoms with Gasteiger partial charge in [0.1, 0.15) is 28.7 Å². The third-order valence-electron chi connectivity index (χ3n) is 4.77. The quantitative estimate of drug-likeness (QED) is 0.457. The number of nitrogens with zero attached hydrogens (tertiary/aromatic N) is 3. The minimum Gasteiger partial charge on any atom is -0.456 e. The first-order valence-electron chi connectivity index (χ1n) is 8.81. The van der Waals surface area contributed by atoms with Crippen molar-refractivity contribution in [3.8, 4) is 11.5 Å². The normalized spacial score (nSPS) is 15.9. The molecule has 0 radical (unpaired) electrons. The molecule has 2 heterocycles. The van der Waals surface area contributed by atoms with Crippen LogP contribution in [0.25, 0.3) is 0 Å². The molecule has 3 N–H and O–H groups in total. The summed E-state index contributed by atoms with van der Waals surface area (Å²) in [6, 6.07) is 8.60. The molecule has 8 heteroatoms. The maximum Gasteiger partial charge on any atom is 0.246 e. The van der Waals surface area contributed by atoms with Crippen molar-refractivity contribution >= 4 is 29.2 Å². The van der Waals surface area contributed by atoms with Crippen molar-refractivity contribution in [1.29, 1.82) is 5.41 Å². The molecule has 1 saturated heterocycles. The third-order valence-corrected chi connectivity index (χ3v) is 5.02. The van der Waals surface area contributed by atoms with E-state index in [0.717, 1.165) is 6.42 Å². The zero-order valence-corrected chi connectivity index (χ0v) is 16.3. The molecular formula is C20H22ClN5O2. The first kappa shape index (κ1) is 19.7. The number of hydrogen-bond acceptors (Lipinski definition) is 5. The number of benzene rings is 1. The molecule has 0 aliphatic carbocycles. The molecule has 3 rings (SSSR count). The van der Waals surface area contributed by atoms with Crippen LogP contribution in [0.4, 0.5) is 5.82 Å². The second-order valence-corrected chi connectivity index (χ2v) is 6.95. The van der Waals surface area contributed by atoms with Crippen molar-refractivity contribution in [1.82, 2.24) is 14.8 Å². The van der Waals surface area contributed by atoms with E-state index in [1.165, 1.54) is 12.3 Å². The SMILES string of the molecule is C=CC(=O)N1CCC(N(C)C(=N)c2c(Oc3ccc(Cl)cc3)ccnc2N)C1. The van der Waals surface area contributed by atoms with Crippen molar-refractivity contribution in [3.63, 3.8) is 0 Å². The van der Waals surface area contributed by atoms with Crippen LogP contribution in [0.2, 0.25) is 5.02 Å². The van der Waals surface area contributed by atoms with Gasteiger partial charge in [0, 0.05) is 43.5 Å². The first-order valence-corrected chi connectivity index (χ1v) is 9.19. The minimum absolute atomic E-state index is 0.000567. The molecule has 2 aromatic rings. The lowest BCUT2D eigenvalue weighted by Gasteiger charge is -2.28. The predicted octanol–water partition coefficient (Wildman–Crippen LogP) is 3.15. The molecule has 1 atom stereocenters. The highest BCUT2D eigenvalue weighted by molar-refractivity contribution is 6.30. The summed E-state index contributed by atoms with van der Waals surface area (Å²) in [5.74, 6) is 1.31. The molecule has 28 heavy (non-hydrogen) atoms. The van der Waals surface area contributed by atoms with Gasteiger partial charge >= 0.3 is 0 Å². The van der Waals surface area contributed by atoms with Crippen LogP contribution in [0.15, 0.2) is 49.2 Å². The summed E-state index contributed by atoms with van der Waals surface area (Å²) in [6.45, 7) is 4.68. The van der Waals surface area contributed by atoms with Gasteiger partial charge in [-0.25, -0.2) is 4.98 Å². The Morgan fingerprint density at radius 2 is 2.14 bits per heavy atom. The summed E-state index contributed by atoms with van der Waals surface area (Å²) in [7, 11) is 1.81. The molecule has 0 saturated carbocycles. The van der Waals surface area contributed by atoms with Gasteiger partial charge in [0.05, 0.1) is 0 Å². The first-order chi connectivity index (χ1) is 13.4. The van der Waals surface area contributed by atoms with Gasteiger partial charge in [-0.15, -0.1) is 0 Å². The number of rotatable bonds is 5. The highest BCUT2D eigenvalue weighted by Crippen LogP contribution is 2.30. The van der Waals surface area contributed by atoms with Gasteiger partial charge in [-0.1, -0.05) is 18.2 Å². The number of amidine groups is 1. The van der Waals surface area contributed by atoms with Crippen molar-refractivity contribution < 1.29 is 9.53 Å². The van der Waals surface area contributed by atoms with Crippen LogP contribution in [0, 0.1) is 5.41 Å². The van der Waals surface area contributed by atoms with Crippen LogP contribution < -0.4 is 10.5 Å². The van der Waals surface area contributed by atoms with Gasteiger partial charge in [0.15, 0.2) is 0 Å². The van der Waals surface area contributed by atoms with E-state index in [4.69, 9.17) is 27.5 Å². The van der Waals surface area contributed by atoms with Gasteiger partial charge in [-0.3, -0.25) is 10.2 Å². The molecule has 0 spiro atoms. The summed E-state index contributed by atoms with van der Waals surface area (Å²) >= 11 is 5.92. The maximum absolute atomic E-state index is 11.8. The minimum atomic E-state index is -0.102. The monoisotopic (exact) mass is 399 g/mol. The third kappa shape index (κ3) is 4.09. The number of carbonyl (C=O) groups is 1. The van der Waals surface area contributed by atoms with E-state index in [1.807, 2.05) is 7.05 Å². The molecule has 1 aromatic heterocycles. The molecule has 1 unspecified atom stereocenters. The Morgan fingerprint density at radius 3 is 2.82 bits per heavy atom. The standard InChI is InChI=1S/C20H22ClN5O2/c1-3-17(27)26-11-9-14(12-26)25(2)20(23)18-16(8-10-24-19(18)22)28-15-6-4-13(21)5-7-15/h3-8,10,14,23H,1,9,11-12H2,2H3,(H2,22,24). The number of anilines is 1. The van der Waals surface area contributed by atoms with Crippen molar-refractivity contribution in [2.75, 3.05) is 25.9 Å². The summed E-state index contributed by atoms with van der Waals surface area (Å²) in [5.41, 5.74) is 6.49. The Morgan fingerprint density at radius 1 is 1.43 bits per heavy atom. The van der Waals surface area contributed by atoms with Crippen molar-refractivity contribution in [2.45, 2.75) is 12.5 Å². The number of amides is 1. The van der Waals surface area contributed by atoms with Crippen molar-refractivity contribution in [2.24, 2.45) is 0 Å². The average molecular weight is 400 g/mol. The molecular weight excluding hydrogens is 378 g/mol. The number of nitrogens with two attached hydrogens (primary N) is 1. The lowest BCUT2D eigenvalue weighted by molar-refractivity contribution is -0.125. The zero-order chi connectivity index (χ0) is 20.3. The smallest absolute Gasteiger partial charge is 0.246 e. The second kappa shape index (κ2) is 8.31. The Labute approximate surface area is 168 Å². The van der Waals surface area contributed by atoms with E-state index in [0.29, 0.717) is 35.2 Å². The maximum atomic E-state index is 11.8. The van der Waals surface area contributed by atoms with Crippen LogP contribution in [-0.4, -0.2) is 52.7 Å². The highest BCUT2D eigenvalue weighted by Gasteiger charge is 2.30. The summed E-state index contributed by atoms with van der Waals surface area (Å²) < 4.78 is 5.93. The molecule has 146 valence electrons. The highest BCUT2D eigenvalue weighted by atomic mass is 35.5. The number of aromatic nitrogens is 1. The topological polar surface area (TPSA) is 95.5 Å². The lowest BCUT2D eigenvalue weighted by Crippen LogP contribution is -2.40. The number of likely N-dealkylation sites (N-methyl/N-ethyl adjacent to an activating group) is 1. The molecule has 1 aromatic carbocycles. The fourth-order valence-corrected chi connectivity index (χ4v) is 3.28. The number of nitrogen functional groups attached to an aromatic ring is 1. The molecule has 1 aliphatic rings. The predicted molar refractivity (Wildman–Crippen MR) is 110 cm³/mol. The van der Waals surface area contributed by atoms with Gasteiger partial charge in [-0.2, -0.15) is 0 Å². The van der Waals surface area contributed by atoms with E-state index in [9.17, 15) is 4.79 Å². The number of hydrogen-bond donors (Lipinski definition) is 2. The van der Waals surface area contributed by atoms with Crippen LogP contribution in [0.1, 0.15) is 12.0 Å². The van der Waals surface area contributed by atoms with Gasteiger partial charge in [0.25, 0.3) is 0 Å². The Bertz CT molecular complexity index is 900. The van der Waals surface area contributed by atoms with Crippen molar-refractivity contribution in [3.05, 3.63) is 59.8 Å². The fraction of sp³-hybridized carbons (Fsp3) is 0.250. The van der Waals surface area contributed by atoms with Crippen LogP contribution in [-0.2, 0) is 4.79 Å². The van der Waals surface area contributed by atoms with E-state index in [-0.39, 0.29) is 23.6 Å². The molecule has 1 aliphatic heterocycles. The number of carbonyl (C=O) groups excluding carboxylic acids is 1. The van der Waals surface area contributed by atoms with Crippen LogP contribution >= 0.6 is 11.6 Å². The number of pyridine rings is 1. The van der Waals surface area contributed by atoms with E-state index >= 15 is 0 Å². The zero-order valence-electron chi connectivity index (χ0n) is 15.6. The summed E-state index contributed by atoms with van der Waals surface area (Å²) in [4.78, 5) is 19.5.